The number of nitrogens with one attached hydrogen (secondary N) is 1. The van der Waals surface area contributed by atoms with Gasteiger partial charge in [-0.3, -0.25) is 4.90 Å². The third-order valence-electron chi connectivity index (χ3n) is 5.74. The van der Waals surface area contributed by atoms with Crippen molar-refractivity contribution in [2.75, 3.05) is 19.6 Å². The Balaban J connectivity index is 0.000000265. The zero-order valence-electron chi connectivity index (χ0n) is 17.3. The highest BCUT2D eigenvalue weighted by Gasteiger charge is 2.35. The second kappa shape index (κ2) is 9.61. The van der Waals surface area contributed by atoms with Crippen LogP contribution in [0.3, 0.4) is 0 Å². The molecule has 9 heteroatoms. The number of carboxylic acids is 2. The molecular weight excluding hydrogens is 412 g/mol. The van der Waals surface area contributed by atoms with Gasteiger partial charge >= 0.3 is 11.9 Å². The Hall–Kier alpha value is -3.72. The molecule has 0 saturated carbocycles. The van der Waals surface area contributed by atoms with Crippen LogP contribution in [0.4, 0.5) is 0 Å². The molecule has 3 aliphatic heterocycles. The van der Waals surface area contributed by atoms with Gasteiger partial charge < -0.3 is 19.9 Å². The molecule has 1 aromatic carbocycles. The number of aromatic amines is 1. The average molecular weight is 436 g/mol. The van der Waals surface area contributed by atoms with Gasteiger partial charge in [0.1, 0.15) is 6.10 Å². The number of nitrogens with zero attached hydrogens (tertiary/aromatic N) is 3. The Kier molecular flexibility index (Phi) is 6.46. The zero-order valence-corrected chi connectivity index (χ0v) is 17.3. The highest BCUT2D eigenvalue weighted by Crippen LogP contribution is 2.31. The number of rotatable bonds is 5. The predicted molar refractivity (Wildman–Crippen MR) is 117 cm³/mol. The molecule has 3 saturated heterocycles. The third-order valence-corrected chi connectivity index (χ3v) is 5.74. The first kappa shape index (κ1) is 21.5. The van der Waals surface area contributed by atoms with E-state index in [9.17, 15) is 9.59 Å². The van der Waals surface area contributed by atoms with E-state index in [0.29, 0.717) is 23.9 Å². The minimum atomic E-state index is -1.26. The van der Waals surface area contributed by atoms with Crippen LogP contribution in [0.5, 0.6) is 5.88 Å². The van der Waals surface area contributed by atoms with E-state index in [0.717, 1.165) is 28.7 Å². The number of benzene rings is 1. The summed E-state index contributed by atoms with van der Waals surface area (Å²) in [6.07, 6.45) is 5.85. The molecule has 0 amide bonds. The van der Waals surface area contributed by atoms with Crippen LogP contribution in [0, 0.1) is 5.92 Å². The summed E-state index contributed by atoms with van der Waals surface area (Å²) in [4.78, 5) is 24.9. The summed E-state index contributed by atoms with van der Waals surface area (Å²) < 4.78 is 6.13. The molecular formula is C23H24N4O5. The molecule has 3 N–H and O–H groups in total. The normalized spacial score (nSPS) is 21.8. The molecule has 3 aromatic rings. The largest absolute Gasteiger partial charge is 0.478 e. The van der Waals surface area contributed by atoms with Crippen molar-refractivity contribution in [3.05, 3.63) is 54.7 Å². The van der Waals surface area contributed by atoms with Crippen LogP contribution in [0.15, 0.2) is 54.7 Å². The van der Waals surface area contributed by atoms with Gasteiger partial charge in [0.05, 0.1) is 5.69 Å². The number of carbonyl (C=O) groups is 2. The number of ether oxygens (including phenoxy) is 1. The molecule has 2 aromatic heterocycles. The van der Waals surface area contributed by atoms with E-state index in [2.05, 4.69) is 32.2 Å². The second-order valence-electron chi connectivity index (χ2n) is 7.81. The Morgan fingerprint density at radius 2 is 1.75 bits per heavy atom. The molecule has 3 fully saturated rings. The number of hydrogen-bond donors (Lipinski definition) is 3. The Labute approximate surface area is 184 Å². The fraction of sp³-hybridized carbons (Fsp3) is 0.304. The van der Waals surface area contributed by atoms with Crippen LogP contribution >= 0.6 is 0 Å². The molecule has 5 heterocycles. The summed E-state index contributed by atoms with van der Waals surface area (Å²) in [6.45, 7) is 3.46. The van der Waals surface area contributed by atoms with E-state index in [1.807, 2.05) is 30.5 Å². The van der Waals surface area contributed by atoms with E-state index < -0.39 is 11.9 Å². The Morgan fingerprint density at radius 1 is 1.03 bits per heavy atom. The first-order valence-electron chi connectivity index (χ1n) is 10.4. The summed E-state index contributed by atoms with van der Waals surface area (Å²) in [5.74, 6) is -1.21. The molecule has 1 atom stereocenters. The first-order valence-corrected chi connectivity index (χ1v) is 10.4. The van der Waals surface area contributed by atoms with Crippen LogP contribution in [0.2, 0.25) is 0 Å². The smallest absolute Gasteiger partial charge is 0.328 e. The van der Waals surface area contributed by atoms with Gasteiger partial charge in [0, 0.05) is 47.4 Å². The zero-order chi connectivity index (χ0) is 22.5. The SMILES string of the molecule is O=C(O)/C=C/C(=O)O.c1ccc2c(-c3ccc(O[C@@H]4CN5CCC4CC5)nn3)c[nH]c2c1. The van der Waals surface area contributed by atoms with Gasteiger partial charge in [0.25, 0.3) is 0 Å². The molecule has 2 bridgehead atoms. The predicted octanol–water partition coefficient (Wildman–Crippen LogP) is 2.81. The Bertz CT molecular complexity index is 1100. The van der Waals surface area contributed by atoms with Crippen molar-refractivity contribution >= 4 is 22.8 Å². The van der Waals surface area contributed by atoms with E-state index in [1.165, 1.54) is 25.9 Å². The molecule has 0 unspecified atom stereocenters. The first-order chi connectivity index (χ1) is 15.5. The summed E-state index contributed by atoms with van der Waals surface area (Å²) in [5, 5.41) is 25.5. The average Bonchev–Trinajstić information content (AvgIpc) is 3.24. The van der Waals surface area contributed by atoms with Crippen molar-refractivity contribution < 1.29 is 24.5 Å². The number of para-hydroxylation sites is 1. The second-order valence-corrected chi connectivity index (χ2v) is 7.81. The van der Waals surface area contributed by atoms with Gasteiger partial charge in [-0.15, -0.1) is 10.2 Å². The number of aromatic nitrogens is 3. The maximum atomic E-state index is 9.55. The fourth-order valence-electron chi connectivity index (χ4n) is 4.15. The maximum absolute atomic E-state index is 9.55. The lowest BCUT2D eigenvalue weighted by atomic mass is 9.86. The summed E-state index contributed by atoms with van der Waals surface area (Å²) >= 11 is 0. The van der Waals surface area contributed by atoms with Crippen LogP contribution in [-0.4, -0.2) is 68.0 Å². The van der Waals surface area contributed by atoms with Gasteiger partial charge in [-0.2, -0.15) is 0 Å². The summed E-state index contributed by atoms with van der Waals surface area (Å²) in [7, 11) is 0. The quantitative estimate of drug-likeness (QED) is 0.521. The van der Waals surface area contributed by atoms with Crippen LogP contribution in [0.25, 0.3) is 22.2 Å². The van der Waals surface area contributed by atoms with E-state index in [-0.39, 0.29) is 6.10 Å². The highest BCUT2D eigenvalue weighted by atomic mass is 16.5. The van der Waals surface area contributed by atoms with Crippen molar-refractivity contribution in [2.24, 2.45) is 5.92 Å². The summed E-state index contributed by atoms with van der Waals surface area (Å²) in [6, 6.07) is 12.2. The van der Waals surface area contributed by atoms with Gasteiger partial charge in [0.2, 0.25) is 5.88 Å². The monoisotopic (exact) mass is 436 g/mol. The molecule has 32 heavy (non-hydrogen) atoms. The molecule has 9 nitrogen and oxygen atoms in total. The number of aliphatic carboxylic acids is 2. The number of carboxylic acid groups (broad SMARTS) is 2. The minimum Gasteiger partial charge on any atom is -0.478 e. The minimum absolute atomic E-state index is 0.265. The van der Waals surface area contributed by atoms with Crippen LogP contribution < -0.4 is 4.74 Å². The summed E-state index contributed by atoms with van der Waals surface area (Å²) in [5.41, 5.74) is 3.06. The third kappa shape index (κ3) is 5.12. The molecule has 0 radical (unpaired) electrons. The lowest BCUT2D eigenvalue weighted by molar-refractivity contribution is -0.134. The highest BCUT2D eigenvalue weighted by molar-refractivity contribution is 5.94. The lowest BCUT2D eigenvalue weighted by Crippen LogP contribution is -2.52. The molecule has 0 spiro atoms. The molecule has 6 rings (SSSR count). The van der Waals surface area contributed by atoms with E-state index in [1.54, 1.807) is 0 Å². The van der Waals surface area contributed by atoms with E-state index >= 15 is 0 Å². The van der Waals surface area contributed by atoms with Gasteiger partial charge in [-0.25, -0.2) is 9.59 Å². The number of hydrogen-bond acceptors (Lipinski definition) is 6. The van der Waals surface area contributed by atoms with Crippen molar-refractivity contribution in [3.8, 4) is 17.1 Å². The van der Waals surface area contributed by atoms with Crippen molar-refractivity contribution in [1.29, 1.82) is 0 Å². The van der Waals surface area contributed by atoms with Crippen molar-refractivity contribution in [2.45, 2.75) is 18.9 Å². The van der Waals surface area contributed by atoms with Crippen molar-refractivity contribution in [3.63, 3.8) is 0 Å². The topological polar surface area (TPSA) is 129 Å². The van der Waals surface area contributed by atoms with Gasteiger partial charge in [-0.1, -0.05) is 18.2 Å². The number of H-pyrrole nitrogens is 1. The van der Waals surface area contributed by atoms with Crippen LogP contribution in [0.1, 0.15) is 12.8 Å². The van der Waals surface area contributed by atoms with Gasteiger partial charge in [-0.05, 0) is 44.0 Å². The lowest BCUT2D eigenvalue weighted by Gasteiger charge is -2.44. The number of piperidine rings is 3. The standard InChI is InChI=1S/C19H20N4O.C4H4O4/c1-2-4-16-14(3-1)15(11-20-16)17-5-6-19(22-21-17)24-18-12-23-9-7-13(18)8-10-23;5-3(6)1-2-4(7)8/h1-6,11,13,18,20H,7-10,12H2;1-2H,(H,5,6)(H,7,8)/b;2-1+/t18-;/m1./s1. The fourth-order valence-corrected chi connectivity index (χ4v) is 4.15. The molecule has 0 aliphatic carbocycles. The number of fused-ring (bicyclic) bond motifs is 4. The molecule has 166 valence electrons. The van der Waals surface area contributed by atoms with Crippen LogP contribution in [-0.2, 0) is 9.59 Å². The van der Waals surface area contributed by atoms with Gasteiger partial charge in [0.15, 0.2) is 0 Å². The maximum Gasteiger partial charge on any atom is 0.328 e. The van der Waals surface area contributed by atoms with Crippen molar-refractivity contribution in [1.82, 2.24) is 20.1 Å². The van der Waals surface area contributed by atoms with E-state index in [4.69, 9.17) is 14.9 Å². The molecule has 3 aliphatic rings. The Morgan fingerprint density at radius 3 is 2.34 bits per heavy atom.